The minimum Gasteiger partial charge on any atom is -0.478 e. The maximum absolute atomic E-state index is 11.4. The van der Waals surface area contributed by atoms with Crippen molar-refractivity contribution in [1.82, 2.24) is 0 Å². The van der Waals surface area contributed by atoms with Gasteiger partial charge in [-0.05, 0) is 18.6 Å². The summed E-state index contributed by atoms with van der Waals surface area (Å²) in [6, 6.07) is 2.97. The summed E-state index contributed by atoms with van der Waals surface area (Å²) in [6.45, 7) is 2.19. The molecule has 0 atom stereocenters. The largest absolute Gasteiger partial charge is 0.478 e. The van der Waals surface area contributed by atoms with E-state index >= 15 is 0 Å². The Morgan fingerprint density at radius 3 is 2.52 bits per heavy atom. The number of halogens is 1. The zero-order valence-corrected chi connectivity index (χ0v) is 13.0. The summed E-state index contributed by atoms with van der Waals surface area (Å²) >= 11 is 6.21. The Morgan fingerprint density at radius 2 is 1.95 bits per heavy atom. The number of hydrogen-bond donors (Lipinski definition) is 2. The number of rotatable bonds is 9. The molecule has 0 spiro atoms. The van der Waals surface area contributed by atoms with E-state index in [0.29, 0.717) is 42.7 Å². The molecule has 0 heterocycles. The number of carboxylic acids is 1. The fourth-order valence-electron chi connectivity index (χ4n) is 2.04. The van der Waals surface area contributed by atoms with Crippen LogP contribution in [0.4, 0.5) is 11.4 Å². The maximum atomic E-state index is 11.4. The first-order valence-corrected chi connectivity index (χ1v) is 6.94. The van der Waals surface area contributed by atoms with Crippen LogP contribution in [0.15, 0.2) is 12.1 Å². The van der Waals surface area contributed by atoms with E-state index in [1.807, 2.05) is 4.90 Å². The van der Waals surface area contributed by atoms with Gasteiger partial charge in [-0.2, -0.15) is 0 Å². The van der Waals surface area contributed by atoms with E-state index in [4.69, 9.17) is 26.8 Å². The van der Waals surface area contributed by atoms with Crippen LogP contribution in [-0.4, -0.2) is 51.6 Å². The monoisotopic (exact) mass is 316 g/mol. The summed E-state index contributed by atoms with van der Waals surface area (Å²) in [4.78, 5) is 13.3. The Hall–Kier alpha value is -1.50. The van der Waals surface area contributed by atoms with Crippen molar-refractivity contribution in [2.24, 2.45) is 0 Å². The lowest BCUT2D eigenvalue weighted by atomic mass is 10.1. The first-order valence-electron chi connectivity index (χ1n) is 6.56. The molecule has 0 aromatic heterocycles. The van der Waals surface area contributed by atoms with Crippen molar-refractivity contribution in [1.29, 1.82) is 0 Å². The van der Waals surface area contributed by atoms with Gasteiger partial charge < -0.3 is 25.2 Å². The van der Waals surface area contributed by atoms with Crippen LogP contribution in [0.1, 0.15) is 16.8 Å². The zero-order chi connectivity index (χ0) is 15.8. The normalized spacial score (nSPS) is 10.6. The van der Waals surface area contributed by atoms with Gasteiger partial charge in [-0.1, -0.05) is 11.6 Å². The third-order valence-corrected chi connectivity index (χ3v) is 3.26. The van der Waals surface area contributed by atoms with E-state index in [2.05, 4.69) is 0 Å². The van der Waals surface area contributed by atoms with Crippen molar-refractivity contribution in [2.45, 2.75) is 6.42 Å². The number of anilines is 2. The molecular weight excluding hydrogens is 296 g/mol. The van der Waals surface area contributed by atoms with Gasteiger partial charge in [-0.3, -0.25) is 0 Å². The van der Waals surface area contributed by atoms with Crippen LogP contribution in [0.3, 0.4) is 0 Å². The highest BCUT2D eigenvalue weighted by atomic mass is 35.5. The topological polar surface area (TPSA) is 85.0 Å². The number of benzene rings is 1. The van der Waals surface area contributed by atoms with Crippen LogP contribution < -0.4 is 10.6 Å². The van der Waals surface area contributed by atoms with Crippen molar-refractivity contribution in [3.05, 3.63) is 22.7 Å². The second-order valence-electron chi connectivity index (χ2n) is 4.53. The molecule has 0 fully saturated rings. The molecule has 3 N–H and O–H groups in total. The Kier molecular flexibility index (Phi) is 7.28. The molecule has 0 bridgehead atoms. The van der Waals surface area contributed by atoms with Gasteiger partial charge in [-0.25, -0.2) is 4.79 Å². The zero-order valence-electron chi connectivity index (χ0n) is 12.3. The van der Waals surface area contributed by atoms with Crippen LogP contribution in [0.2, 0.25) is 5.02 Å². The molecular formula is C14H21ClN2O4. The smallest absolute Gasteiger partial charge is 0.337 e. The first kappa shape index (κ1) is 17.6. The number of aromatic carboxylic acids is 1. The number of nitrogen functional groups attached to an aromatic ring is 1. The molecule has 6 nitrogen and oxygen atoms in total. The molecule has 1 aromatic rings. The number of ether oxygens (including phenoxy) is 2. The molecule has 0 saturated heterocycles. The number of methoxy groups -OCH3 is 2. The minimum atomic E-state index is -1.06. The number of hydrogen-bond acceptors (Lipinski definition) is 5. The van der Waals surface area contributed by atoms with Crippen LogP contribution in [-0.2, 0) is 9.47 Å². The van der Waals surface area contributed by atoms with E-state index in [1.165, 1.54) is 6.07 Å². The highest BCUT2D eigenvalue weighted by Crippen LogP contribution is 2.32. The van der Waals surface area contributed by atoms with Gasteiger partial charge in [0.25, 0.3) is 0 Å². The first-order chi connectivity index (χ1) is 10.0. The van der Waals surface area contributed by atoms with Crippen molar-refractivity contribution < 1.29 is 19.4 Å². The summed E-state index contributed by atoms with van der Waals surface area (Å²) in [6.07, 6.45) is 0.750. The Labute approximate surface area is 129 Å². The average Bonchev–Trinajstić information content (AvgIpc) is 2.42. The van der Waals surface area contributed by atoms with Gasteiger partial charge in [0.15, 0.2) is 0 Å². The standard InChI is InChI=1S/C14H21ClN2O4/c1-20-6-3-4-17(5-7-21-2)13-11(14(18)19)8-10(16)9-12(13)15/h8-9H,3-7,16H2,1-2H3,(H,18,19). The van der Waals surface area contributed by atoms with Crippen molar-refractivity contribution in [3.8, 4) is 0 Å². The lowest BCUT2D eigenvalue weighted by molar-refractivity contribution is 0.0697. The SMILES string of the molecule is COCCCN(CCOC)c1c(Cl)cc(N)cc1C(=O)O. The lowest BCUT2D eigenvalue weighted by Crippen LogP contribution is -2.31. The van der Waals surface area contributed by atoms with E-state index < -0.39 is 5.97 Å². The fraction of sp³-hybridized carbons (Fsp3) is 0.500. The Balaban J connectivity index is 3.12. The van der Waals surface area contributed by atoms with Crippen LogP contribution >= 0.6 is 11.6 Å². The fourth-order valence-corrected chi connectivity index (χ4v) is 2.39. The summed E-state index contributed by atoms with van der Waals surface area (Å²) in [5, 5.41) is 9.68. The average molecular weight is 317 g/mol. The van der Waals surface area contributed by atoms with Crippen LogP contribution in [0, 0.1) is 0 Å². The second kappa shape index (κ2) is 8.71. The predicted octanol–water partition coefficient (Wildman–Crippen LogP) is 2.11. The quantitative estimate of drug-likeness (QED) is 0.536. The summed E-state index contributed by atoms with van der Waals surface area (Å²) in [5.74, 6) is -1.06. The molecule has 1 aromatic carbocycles. The van der Waals surface area contributed by atoms with E-state index in [-0.39, 0.29) is 5.56 Å². The van der Waals surface area contributed by atoms with E-state index in [0.717, 1.165) is 6.42 Å². The summed E-state index contributed by atoms with van der Waals surface area (Å²) in [5.41, 5.74) is 6.56. The lowest BCUT2D eigenvalue weighted by Gasteiger charge is -2.27. The number of carboxylic acid groups (broad SMARTS) is 1. The predicted molar refractivity (Wildman–Crippen MR) is 83.4 cm³/mol. The Bertz CT molecular complexity index is 482. The third-order valence-electron chi connectivity index (χ3n) is 2.97. The highest BCUT2D eigenvalue weighted by molar-refractivity contribution is 6.34. The molecule has 118 valence electrons. The molecule has 0 amide bonds. The molecule has 0 unspecified atom stereocenters. The van der Waals surface area contributed by atoms with Gasteiger partial charge in [0.2, 0.25) is 0 Å². The van der Waals surface area contributed by atoms with Gasteiger partial charge in [0.05, 0.1) is 22.9 Å². The third kappa shape index (κ3) is 5.08. The van der Waals surface area contributed by atoms with Gasteiger partial charge in [-0.15, -0.1) is 0 Å². The van der Waals surface area contributed by atoms with E-state index in [9.17, 15) is 9.90 Å². The highest BCUT2D eigenvalue weighted by Gasteiger charge is 2.20. The van der Waals surface area contributed by atoms with Crippen molar-refractivity contribution in [2.75, 3.05) is 51.2 Å². The molecule has 21 heavy (non-hydrogen) atoms. The number of nitrogens with zero attached hydrogens (tertiary/aromatic N) is 1. The second-order valence-corrected chi connectivity index (χ2v) is 4.94. The molecule has 0 aliphatic carbocycles. The van der Waals surface area contributed by atoms with E-state index in [1.54, 1.807) is 20.3 Å². The maximum Gasteiger partial charge on any atom is 0.337 e. The molecule has 0 aliphatic heterocycles. The minimum absolute atomic E-state index is 0.0912. The van der Waals surface area contributed by atoms with Gasteiger partial charge >= 0.3 is 5.97 Å². The van der Waals surface area contributed by atoms with Gasteiger partial charge in [0.1, 0.15) is 0 Å². The molecule has 0 aliphatic rings. The molecule has 1 rings (SSSR count). The summed E-state index contributed by atoms with van der Waals surface area (Å²) in [7, 11) is 3.22. The molecule has 0 radical (unpaired) electrons. The van der Waals surface area contributed by atoms with Crippen LogP contribution in [0.5, 0.6) is 0 Å². The number of nitrogens with two attached hydrogens (primary N) is 1. The van der Waals surface area contributed by atoms with Gasteiger partial charge in [0, 0.05) is 39.6 Å². The molecule has 0 saturated carbocycles. The van der Waals surface area contributed by atoms with Crippen LogP contribution in [0.25, 0.3) is 0 Å². The summed E-state index contributed by atoms with van der Waals surface area (Å²) < 4.78 is 10.1. The Morgan fingerprint density at radius 1 is 1.29 bits per heavy atom. The molecule has 7 heteroatoms. The van der Waals surface area contributed by atoms with Crippen molar-refractivity contribution >= 4 is 28.9 Å². The van der Waals surface area contributed by atoms with Crippen molar-refractivity contribution in [3.63, 3.8) is 0 Å². The number of carbonyl (C=O) groups is 1.